The van der Waals surface area contributed by atoms with Crippen LogP contribution in [-0.2, 0) is 6.54 Å². The molecule has 2 aromatic carbocycles. The Morgan fingerprint density at radius 2 is 1.79 bits per heavy atom. The minimum absolute atomic E-state index is 0.00549. The summed E-state index contributed by atoms with van der Waals surface area (Å²) >= 11 is 1.61. The van der Waals surface area contributed by atoms with Crippen LogP contribution in [0, 0.1) is 5.82 Å². The molecule has 8 heteroatoms. The third-order valence-corrected chi connectivity index (χ3v) is 7.20. The van der Waals surface area contributed by atoms with Crippen molar-refractivity contribution in [2.45, 2.75) is 6.54 Å². The summed E-state index contributed by atoms with van der Waals surface area (Å²) in [4.78, 5) is 33.0. The van der Waals surface area contributed by atoms with Crippen molar-refractivity contribution >= 4 is 29.0 Å². The fourth-order valence-corrected chi connectivity index (χ4v) is 5.38. The highest BCUT2D eigenvalue weighted by molar-refractivity contribution is 7.15. The molecule has 0 bridgehead atoms. The largest absolute Gasteiger partial charge is 0.336 e. The number of benzene rings is 2. The maximum absolute atomic E-state index is 14.1. The third kappa shape index (κ3) is 4.62. The Kier molecular flexibility index (Phi) is 6.11. The molecule has 33 heavy (non-hydrogen) atoms. The zero-order valence-corrected chi connectivity index (χ0v) is 19.0. The van der Waals surface area contributed by atoms with Gasteiger partial charge in [-0.1, -0.05) is 24.3 Å². The van der Waals surface area contributed by atoms with Gasteiger partial charge >= 0.3 is 6.03 Å². The van der Waals surface area contributed by atoms with E-state index in [1.54, 1.807) is 34.4 Å². The van der Waals surface area contributed by atoms with Crippen LogP contribution in [0.4, 0.5) is 14.9 Å². The van der Waals surface area contributed by atoms with Crippen molar-refractivity contribution in [2.75, 3.05) is 44.2 Å². The first kappa shape index (κ1) is 21.6. The molecular formula is C25H25FN4O2S. The Hall–Kier alpha value is -3.23. The Bertz CT molecular complexity index is 1170. The van der Waals surface area contributed by atoms with E-state index in [1.807, 2.05) is 35.2 Å². The molecule has 1 aromatic heterocycles. The monoisotopic (exact) mass is 464 g/mol. The van der Waals surface area contributed by atoms with Gasteiger partial charge in [0.1, 0.15) is 5.82 Å². The average molecular weight is 465 g/mol. The maximum atomic E-state index is 14.1. The Labute approximate surface area is 196 Å². The van der Waals surface area contributed by atoms with Crippen LogP contribution in [0.1, 0.15) is 15.2 Å². The summed E-state index contributed by atoms with van der Waals surface area (Å²) in [6.07, 6.45) is 0. The average Bonchev–Trinajstić information content (AvgIpc) is 3.48. The van der Waals surface area contributed by atoms with Crippen LogP contribution >= 0.6 is 11.3 Å². The Balaban J connectivity index is 1.18. The summed E-state index contributed by atoms with van der Waals surface area (Å²) < 4.78 is 14.1. The number of thiophene rings is 1. The highest BCUT2D eigenvalue weighted by Gasteiger charge is 2.25. The molecule has 170 valence electrons. The first-order valence-corrected chi connectivity index (χ1v) is 11.9. The van der Waals surface area contributed by atoms with Crippen LogP contribution in [0.5, 0.6) is 0 Å². The fraction of sp³-hybridized carbons (Fsp3) is 0.280. The summed E-state index contributed by atoms with van der Waals surface area (Å²) in [6.45, 7) is 4.89. The minimum Gasteiger partial charge on any atom is -0.336 e. The second-order valence-electron chi connectivity index (χ2n) is 8.25. The molecule has 5 rings (SSSR count). The summed E-state index contributed by atoms with van der Waals surface area (Å²) in [5.74, 6) is -0.207. The molecule has 1 N–H and O–H groups in total. The molecule has 2 aliphatic rings. The summed E-state index contributed by atoms with van der Waals surface area (Å²) in [7, 11) is 0. The molecule has 6 nitrogen and oxygen atoms in total. The number of nitrogens with zero attached hydrogens (tertiary/aromatic N) is 3. The number of hydrogen-bond donors (Lipinski definition) is 1. The zero-order valence-electron chi connectivity index (χ0n) is 18.2. The molecule has 3 heterocycles. The number of anilines is 1. The van der Waals surface area contributed by atoms with Gasteiger partial charge in [-0.15, -0.1) is 11.3 Å². The molecule has 0 spiro atoms. The van der Waals surface area contributed by atoms with Gasteiger partial charge in [-0.2, -0.15) is 0 Å². The van der Waals surface area contributed by atoms with E-state index in [0.29, 0.717) is 37.3 Å². The smallest absolute Gasteiger partial charge is 0.321 e. The van der Waals surface area contributed by atoms with Gasteiger partial charge in [0.25, 0.3) is 5.91 Å². The van der Waals surface area contributed by atoms with Crippen LogP contribution in [0.25, 0.3) is 10.4 Å². The molecule has 0 radical (unpaired) electrons. The molecular weight excluding hydrogens is 439 g/mol. The van der Waals surface area contributed by atoms with Gasteiger partial charge in [0.2, 0.25) is 0 Å². The van der Waals surface area contributed by atoms with Crippen molar-refractivity contribution in [3.05, 3.63) is 76.9 Å². The second-order valence-corrected chi connectivity index (χ2v) is 9.42. The number of halogens is 1. The van der Waals surface area contributed by atoms with Gasteiger partial charge in [0, 0.05) is 72.4 Å². The lowest BCUT2D eigenvalue weighted by molar-refractivity contribution is 0.0629. The van der Waals surface area contributed by atoms with Crippen molar-refractivity contribution < 1.29 is 14.0 Å². The number of carbonyl (C=O) groups is 2. The second kappa shape index (κ2) is 9.33. The fourth-order valence-electron chi connectivity index (χ4n) is 4.31. The number of piperazine rings is 1. The topological polar surface area (TPSA) is 55.9 Å². The first-order chi connectivity index (χ1) is 16.1. The summed E-state index contributed by atoms with van der Waals surface area (Å²) in [5, 5.41) is 2.79. The standard InChI is InChI=1S/C25H25FN4O2S/c26-22-7-2-1-6-21(22)23-9-8-20(33-23)17-28-12-14-29(15-13-28)24(31)18-4-3-5-19(16-18)30-11-10-27-25(30)32/h1-9,16H,10-15,17H2,(H,27,32). The Morgan fingerprint density at radius 3 is 2.55 bits per heavy atom. The Morgan fingerprint density at radius 1 is 0.970 bits per heavy atom. The van der Waals surface area contributed by atoms with Crippen LogP contribution in [-0.4, -0.2) is 61.0 Å². The van der Waals surface area contributed by atoms with Crippen molar-refractivity contribution in [3.63, 3.8) is 0 Å². The van der Waals surface area contributed by atoms with E-state index in [0.717, 1.165) is 30.2 Å². The van der Waals surface area contributed by atoms with Gasteiger partial charge in [0.05, 0.1) is 0 Å². The van der Waals surface area contributed by atoms with Crippen molar-refractivity contribution in [1.29, 1.82) is 0 Å². The van der Waals surface area contributed by atoms with Gasteiger partial charge in [-0.05, 0) is 36.4 Å². The van der Waals surface area contributed by atoms with Crippen LogP contribution in [0.15, 0.2) is 60.7 Å². The normalized spacial score (nSPS) is 16.8. The van der Waals surface area contributed by atoms with Gasteiger partial charge in [0.15, 0.2) is 0 Å². The number of hydrogen-bond acceptors (Lipinski definition) is 4. The molecule has 0 atom stereocenters. The summed E-state index contributed by atoms with van der Waals surface area (Å²) in [5.41, 5.74) is 1.99. The molecule has 0 aliphatic carbocycles. The van der Waals surface area contributed by atoms with Crippen LogP contribution < -0.4 is 10.2 Å². The maximum Gasteiger partial charge on any atom is 0.321 e. The van der Waals surface area contributed by atoms with E-state index in [2.05, 4.69) is 16.3 Å². The van der Waals surface area contributed by atoms with Gasteiger partial charge in [-0.3, -0.25) is 14.6 Å². The van der Waals surface area contributed by atoms with Crippen LogP contribution in [0.3, 0.4) is 0 Å². The predicted octanol–water partition coefficient (Wildman–Crippen LogP) is 4.04. The molecule has 3 amide bonds. The number of nitrogens with one attached hydrogen (secondary N) is 1. The lowest BCUT2D eigenvalue weighted by Crippen LogP contribution is -2.48. The molecule has 2 aliphatic heterocycles. The number of carbonyl (C=O) groups excluding carboxylic acids is 2. The van der Waals surface area contributed by atoms with E-state index >= 15 is 0 Å². The SMILES string of the molecule is O=C(c1cccc(N2CCNC2=O)c1)N1CCN(Cc2ccc(-c3ccccc3F)s2)CC1. The zero-order chi connectivity index (χ0) is 22.8. The van der Waals surface area contributed by atoms with E-state index in [-0.39, 0.29) is 17.8 Å². The number of urea groups is 1. The first-order valence-electron chi connectivity index (χ1n) is 11.1. The van der Waals surface area contributed by atoms with E-state index in [4.69, 9.17) is 0 Å². The molecule has 0 unspecified atom stereocenters. The molecule has 2 fully saturated rings. The highest BCUT2D eigenvalue weighted by atomic mass is 32.1. The molecule has 2 saturated heterocycles. The summed E-state index contributed by atoms with van der Waals surface area (Å²) in [6, 6.07) is 18.1. The number of rotatable bonds is 5. The van der Waals surface area contributed by atoms with Gasteiger partial charge < -0.3 is 10.2 Å². The lowest BCUT2D eigenvalue weighted by Gasteiger charge is -2.34. The van der Waals surface area contributed by atoms with Crippen LogP contribution in [0.2, 0.25) is 0 Å². The minimum atomic E-state index is -0.201. The third-order valence-electron chi connectivity index (χ3n) is 6.10. The molecule has 3 aromatic rings. The number of amides is 3. The van der Waals surface area contributed by atoms with Gasteiger partial charge in [-0.25, -0.2) is 9.18 Å². The van der Waals surface area contributed by atoms with Crippen molar-refractivity contribution in [3.8, 4) is 10.4 Å². The van der Waals surface area contributed by atoms with E-state index < -0.39 is 0 Å². The quantitative estimate of drug-likeness (QED) is 0.620. The van der Waals surface area contributed by atoms with Crippen molar-refractivity contribution in [2.24, 2.45) is 0 Å². The van der Waals surface area contributed by atoms with Crippen molar-refractivity contribution in [1.82, 2.24) is 15.1 Å². The highest BCUT2D eigenvalue weighted by Crippen LogP contribution is 2.31. The lowest BCUT2D eigenvalue weighted by atomic mass is 10.1. The predicted molar refractivity (Wildman–Crippen MR) is 128 cm³/mol. The molecule has 0 saturated carbocycles. The van der Waals surface area contributed by atoms with E-state index in [1.165, 1.54) is 10.9 Å². The van der Waals surface area contributed by atoms with E-state index in [9.17, 15) is 14.0 Å².